The zero-order chi connectivity index (χ0) is 45.6. The van der Waals surface area contributed by atoms with Crippen LogP contribution in [0.15, 0.2) is 133 Å². The second kappa shape index (κ2) is 20.4. The van der Waals surface area contributed by atoms with E-state index in [9.17, 15) is 4.79 Å². The lowest BCUT2D eigenvalue weighted by atomic mass is 9.80. The van der Waals surface area contributed by atoms with Gasteiger partial charge in [0.1, 0.15) is 5.76 Å². The van der Waals surface area contributed by atoms with E-state index in [1.165, 1.54) is 21.5 Å². The summed E-state index contributed by atoms with van der Waals surface area (Å²) in [6.45, 7) is 25.2. The highest BCUT2D eigenvalue weighted by molar-refractivity contribution is 6.99. The van der Waals surface area contributed by atoms with Gasteiger partial charge in [-0.2, -0.15) is 0 Å². The molecule has 2 aliphatic rings. The van der Waals surface area contributed by atoms with Gasteiger partial charge in [0.15, 0.2) is 6.29 Å². The van der Waals surface area contributed by atoms with Crippen molar-refractivity contribution in [2.75, 3.05) is 13.7 Å². The molecular weight excluding hydrogens is 803 g/mol. The number of hydrogen-bond acceptors (Lipinski definition) is 8. The van der Waals surface area contributed by atoms with E-state index in [-0.39, 0.29) is 29.0 Å². The zero-order valence-electron chi connectivity index (χ0n) is 39.9. The van der Waals surface area contributed by atoms with E-state index in [0.717, 1.165) is 19.5 Å². The van der Waals surface area contributed by atoms with Crippen molar-refractivity contribution in [3.05, 3.63) is 144 Å². The summed E-state index contributed by atoms with van der Waals surface area (Å²) in [5.41, 5.74) is 2.08. The second-order valence-electron chi connectivity index (χ2n) is 19.9. The number of hydrogen-bond donors (Lipinski definition) is 0. The highest BCUT2D eigenvalue weighted by Gasteiger charge is 2.52. The first-order valence-corrected chi connectivity index (χ1v) is 24.8. The van der Waals surface area contributed by atoms with Gasteiger partial charge < -0.3 is 28.1 Å². The highest BCUT2D eigenvalue weighted by Crippen LogP contribution is 2.43. The van der Waals surface area contributed by atoms with Gasteiger partial charge in [-0.3, -0.25) is 4.90 Å². The molecule has 0 amide bonds. The summed E-state index contributed by atoms with van der Waals surface area (Å²) in [5.74, 6) is -1.39. The molecule has 0 saturated carbocycles. The van der Waals surface area contributed by atoms with E-state index in [4.69, 9.17) is 28.1 Å². The lowest BCUT2D eigenvalue weighted by molar-refractivity contribution is -0.287. The molecule has 0 spiro atoms. The molecule has 8 atom stereocenters. The third-order valence-electron chi connectivity index (χ3n) is 13.2. The summed E-state index contributed by atoms with van der Waals surface area (Å²) in [6, 6.07) is 43.0. The standard InChI is InChI=1S/C54H73NO7Si/c1-38(37-58-63(52(6,7)8,45-29-21-15-22-30-45)46-31-23-16-24-32-46)34-54(11,57-12)49(41(4)48-42(5)50(56)62-53(9,10)61-48)60-51-40(3)47(33-39(2)59-51)55(35-43-25-17-13-18-26-43)36-44-27-19-14-20-28-44/h13-32,38-41,47,49,51H,33-37H2,1-12H3/t38-,39?,40?,41+,47?,49-,51+,54-/m1/s1. The summed E-state index contributed by atoms with van der Waals surface area (Å²) in [5, 5.41) is 2.32. The molecule has 1 saturated heterocycles. The molecule has 1 fully saturated rings. The van der Waals surface area contributed by atoms with Crippen LogP contribution in [0.5, 0.6) is 0 Å². The summed E-state index contributed by atoms with van der Waals surface area (Å²) in [4.78, 5) is 15.9. The van der Waals surface area contributed by atoms with Crippen LogP contribution in [-0.4, -0.2) is 68.8 Å². The minimum absolute atomic E-state index is 0.0240. The lowest BCUT2D eigenvalue weighted by Crippen LogP contribution is -2.67. The highest BCUT2D eigenvalue weighted by atomic mass is 28.4. The number of ether oxygens (including phenoxy) is 5. The Bertz CT molecular complexity index is 2010. The Labute approximate surface area is 379 Å². The Morgan fingerprint density at radius 2 is 1.27 bits per heavy atom. The first kappa shape index (κ1) is 48.4. The van der Waals surface area contributed by atoms with Crippen molar-refractivity contribution in [2.45, 2.75) is 143 Å². The summed E-state index contributed by atoms with van der Waals surface area (Å²) >= 11 is 0. The van der Waals surface area contributed by atoms with Crippen LogP contribution in [0.2, 0.25) is 5.04 Å². The Hall–Kier alpha value is -4.09. The van der Waals surface area contributed by atoms with Crippen molar-refractivity contribution in [2.24, 2.45) is 17.8 Å². The average molecular weight is 876 g/mol. The smallest absolute Gasteiger partial charge is 0.340 e. The molecule has 63 heavy (non-hydrogen) atoms. The minimum Gasteiger partial charge on any atom is -0.456 e. The number of esters is 1. The van der Waals surface area contributed by atoms with Crippen molar-refractivity contribution in [3.63, 3.8) is 0 Å². The quantitative estimate of drug-likeness (QED) is 0.0723. The molecule has 0 N–H and O–H groups in total. The molecule has 4 aromatic carbocycles. The molecule has 0 bridgehead atoms. The molecular formula is C54H73NO7Si. The first-order valence-electron chi connectivity index (χ1n) is 22.9. The predicted octanol–water partition coefficient (Wildman–Crippen LogP) is 10.4. The molecule has 8 nitrogen and oxygen atoms in total. The Balaban J connectivity index is 1.34. The number of benzene rings is 4. The van der Waals surface area contributed by atoms with Gasteiger partial charge in [0.05, 0.1) is 23.4 Å². The number of carbonyl (C=O) groups excluding carboxylic acids is 1. The number of carbonyl (C=O) groups is 1. The van der Waals surface area contributed by atoms with Crippen LogP contribution in [0, 0.1) is 17.8 Å². The molecule has 0 aromatic heterocycles. The van der Waals surface area contributed by atoms with E-state index in [2.05, 4.69) is 182 Å². The molecule has 3 unspecified atom stereocenters. The van der Waals surface area contributed by atoms with Gasteiger partial charge in [-0.1, -0.05) is 163 Å². The SMILES string of the molecule is CO[C@](C)(C[C@@H](C)CO[Si](c1ccccc1)(c1ccccc1)C(C)(C)C)[C@H](O[C@@H]1OC(C)CC(N(Cc2ccccc2)Cc2ccccc2)C1C)[C@@H](C)C1=C(C)C(=O)OC(C)(C)O1. The molecule has 6 rings (SSSR count). The normalized spacial score (nSPS) is 23.0. The molecule has 4 aromatic rings. The van der Waals surface area contributed by atoms with Gasteiger partial charge >= 0.3 is 5.97 Å². The Morgan fingerprint density at radius 1 is 0.778 bits per heavy atom. The topological polar surface area (TPSA) is 75.7 Å². The summed E-state index contributed by atoms with van der Waals surface area (Å²) in [7, 11) is -1.05. The largest absolute Gasteiger partial charge is 0.456 e. The fourth-order valence-electron chi connectivity index (χ4n) is 10.1. The molecule has 9 heteroatoms. The number of methoxy groups -OCH3 is 1. The first-order chi connectivity index (χ1) is 29.9. The third-order valence-corrected chi connectivity index (χ3v) is 18.2. The molecule has 2 aliphatic heterocycles. The van der Waals surface area contributed by atoms with Crippen molar-refractivity contribution < 1.29 is 32.9 Å². The third kappa shape index (κ3) is 11.2. The van der Waals surface area contributed by atoms with Gasteiger partial charge in [0.25, 0.3) is 8.32 Å². The van der Waals surface area contributed by atoms with Gasteiger partial charge in [0.2, 0.25) is 5.79 Å². The Kier molecular flexibility index (Phi) is 15.7. The minimum atomic E-state index is -2.81. The predicted molar refractivity (Wildman–Crippen MR) is 255 cm³/mol. The molecule has 2 heterocycles. The van der Waals surface area contributed by atoms with Crippen LogP contribution in [0.25, 0.3) is 0 Å². The van der Waals surface area contributed by atoms with Crippen molar-refractivity contribution in [3.8, 4) is 0 Å². The maximum atomic E-state index is 13.4. The second-order valence-corrected chi connectivity index (χ2v) is 24.2. The van der Waals surface area contributed by atoms with Gasteiger partial charge in [-0.15, -0.1) is 0 Å². The van der Waals surface area contributed by atoms with Gasteiger partial charge in [0, 0.05) is 58.5 Å². The number of rotatable bonds is 18. The van der Waals surface area contributed by atoms with Gasteiger partial charge in [-0.05, 0) is 66.1 Å². The number of cyclic esters (lactones) is 1. The molecule has 340 valence electrons. The lowest BCUT2D eigenvalue weighted by Gasteiger charge is -2.49. The van der Waals surface area contributed by atoms with Crippen molar-refractivity contribution >= 4 is 24.7 Å². The zero-order valence-corrected chi connectivity index (χ0v) is 40.9. The van der Waals surface area contributed by atoms with Crippen molar-refractivity contribution in [1.29, 1.82) is 0 Å². The van der Waals surface area contributed by atoms with E-state index in [0.29, 0.717) is 24.4 Å². The summed E-state index contributed by atoms with van der Waals surface area (Å²) in [6.07, 6.45) is 0.203. The monoisotopic (exact) mass is 876 g/mol. The van der Waals surface area contributed by atoms with E-state index in [1.54, 1.807) is 27.9 Å². The van der Waals surface area contributed by atoms with Crippen LogP contribution >= 0.6 is 0 Å². The maximum Gasteiger partial charge on any atom is 0.340 e. The maximum absolute atomic E-state index is 13.4. The van der Waals surface area contributed by atoms with Crippen LogP contribution in [0.4, 0.5) is 0 Å². The van der Waals surface area contributed by atoms with E-state index >= 15 is 0 Å². The summed E-state index contributed by atoms with van der Waals surface area (Å²) < 4.78 is 40.6. The van der Waals surface area contributed by atoms with Crippen LogP contribution in [0.1, 0.15) is 100 Å². The van der Waals surface area contributed by atoms with Crippen LogP contribution in [0.3, 0.4) is 0 Å². The van der Waals surface area contributed by atoms with Gasteiger partial charge in [-0.25, -0.2) is 4.79 Å². The van der Waals surface area contributed by atoms with Crippen molar-refractivity contribution in [1.82, 2.24) is 4.90 Å². The molecule has 0 radical (unpaired) electrons. The van der Waals surface area contributed by atoms with E-state index < -0.39 is 44.0 Å². The average Bonchev–Trinajstić information content (AvgIpc) is 3.25. The fraction of sp³-hybridized carbons (Fsp3) is 0.500. The molecule has 0 aliphatic carbocycles. The number of nitrogens with zero attached hydrogens (tertiary/aromatic N) is 1. The Morgan fingerprint density at radius 3 is 1.75 bits per heavy atom. The van der Waals surface area contributed by atoms with E-state index in [1.807, 2.05) is 0 Å². The van der Waals surface area contributed by atoms with Crippen LogP contribution in [-0.2, 0) is 46.0 Å². The fourth-order valence-corrected chi connectivity index (χ4v) is 14.8. The van der Waals surface area contributed by atoms with Crippen LogP contribution < -0.4 is 10.4 Å².